The summed E-state index contributed by atoms with van der Waals surface area (Å²) in [5.74, 6) is 1.78. The minimum atomic E-state index is -0.819. The van der Waals surface area contributed by atoms with E-state index in [9.17, 15) is 0 Å². The van der Waals surface area contributed by atoms with Crippen LogP contribution in [-0.4, -0.2) is 33.0 Å². The van der Waals surface area contributed by atoms with Gasteiger partial charge in [0.1, 0.15) is 33.6 Å². The van der Waals surface area contributed by atoms with Crippen molar-refractivity contribution in [3.63, 3.8) is 0 Å². The second-order valence-corrected chi connectivity index (χ2v) is 25.3. The summed E-state index contributed by atoms with van der Waals surface area (Å²) < 4.78 is 0. The van der Waals surface area contributed by atoms with Gasteiger partial charge in [-0.2, -0.15) is 0 Å². The van der Waals surface area contributed by atoms with Crippen molar-refractivity contribution in [3.8, 4) is 0 Å². The number of rotatable bonds is 0. The average Bonchev–Trinajstić information content (AvgIpc) is 4.07. The quantitative estimate of drug-likeness (QED) is 0.152. The first-order chi connectivity index (χ1) is 32.1. The normalized spacial score (nSPS) is 28.1. The first-order valence-corrected chi connectivity index (χ1v) is 25.1. The third kappa shape index (κ3) is 5.90. The molecule has 3 aliphatic heterocycles. The Morgan fingerprint density at radius 1 is 0.368 bits per heavy atom. The lowest BCUT2D eigenvalue weighted by atomic mass is 9.53. The summed E-state index contributed by atoms with van der Waals surface area (Å²) in [7, 11) is 0. The number of hydrogen-bond donors (Lipinski definition) is 2. The molecule has 0 amide bonds. The molecule has 4 aromatic carbocycles. The summed E-state index contributed by atoms with van der Waals surface area (Å²) in [5.41, 5.74) is 17.8. The Hall–Kier alpha value is -6.02. The Labute approximate surface area is 400 Å². The van der Waals surface area contributed by atoms with Gasteiger partial charge in [0.05, 0.1) is 11.8 Å². The molecule has 2 aromatic heterocycles. The van der Waals surface area contributed by atoms with Gasteiger partial charge >= 0.3 is 0 Å². The van der Waals surface area contributed by atoms with E-state index in [0.717, 1.165) is 33.6 Å². The van der Waals surface area contributed by atoms with Crippen LogP contribution in [0, 0.1) is 11.8 Å². The van der Waals surface area contributed by atoms with Gasteiger partial charge in [-0.05, 0) is 113 Å². The molecule has 0 radical (unpaired) electrons. The van der Waals surface area contributed by atoms with Crippen molar-refractivity contribution in [1.82, 2.24) is 9.97 Å². The molecular weight excluding hydrogens is 833 g/mol. The summed E-state index contributed by atoms with van der Waals surface area (Å²) >= 11 is 0. The van der Waals surface area contributed by atoms with E-state index < -0.39 is 11.3 Å². The Morgan fingerprint density at radius 2 is 0.691 bits per heavy atom. The molecular formula is C60H64N8. The van der Waals surface area contributed by atoms with Gasteiger partial charge in [0.25, 0.3) is 0 Å². The van der Waals surface area contributed by atoms with Crippen LogP contribution < -0.4 is 22.0 Å². The van der Waals surface area contributed by atoms with Gasteiger partial charge in [0.15, 0.2) is 11.3 Å². The third-order valence-corrected chi connectivity index (χ3v) is 17.0. The molecule has 2 N–H and O–H groups in total. The van der Waals surface area contributed by atoms with E-state index in [1.165, 1.54) is 66.8 Å². The number of nitrogens with zero attached hydrogens (tertiary/aromatic N) is 6. The van der Waals surface area contributed by atoms with E-state index in [4.69, 9.17) is 30.0 Å². The molecule has 6 aromatic rings. The molecule has 6 aliphatic carbocycles. The number of nitrogens with one attached hydrogen (secondary N) is 2. The van der Waals surface area contributed by atoms with Gasteiger partial charge in [-0.15, -0.1) is 0 Å². The zero-order chi connectivity index (χ0) is 47.2. The number of amidine groups is 2. The van der Waals surface area contributed by atoms with Crippen LogP contribution in [0.2, 0.25) is 0 Å². The number of benzene rings is 4. The van der Waals surface area contributed by atoms with Crippen LogP contribution in [0.5, 0.6) is 0 Å². The molecule has 8 atom stereocenters. The summed E-state index contributed by atoms with van der Waals surface area (Å²) in [6, 6.07) is 37.3. The Bertz CT molecular complexity index is 3280. The van der Waals surface area contributed by atoms with E-state index in [1.54, 1.807) is 0 Å². The number of aromatic amines is 2. The molecule has 0 fully saturated rings. The van der Waals surface area contributed by atoms with Crippen LogP contribution in [0.4, 0.5) is 0 Å². The van der Waals surface area contributed by atoms with Gasteiger partial charge < -0.3 is 9.97 Å². The Kier molecular flexibility index (Phi) is 8.29. The molecule has 0 saturated heterocycles. The van der Waals surface area contributed by atoms with E-state index in [2.05, 4.69) is 190 Å². The zero-order valence-electron chi connectivity index (χ0n) is 41.8. The van der Waals surface area contributed by atoms with Crippen molar-refractivity contribution in [2.24, 2.45) is 41.8 Å². The number of H-pyrrole nitrogens is 2. The summed E-state index contributed by atoms with van der Waals surface area (Å²) in [6.45, 7) is 27.7. The molecule has 0 unspecified atom stereocenters. The lowest BCUT2D eigenvalue weighted by Gasteiger charge is -2.52. The van der Waals surface area contributed by atoms with Crippen LogP contribution in [0.25, 0.3) is 0 Å². The molecule has 8 heteroatoms. The number of aromatic nitrogens is 2. The molecule has 68 heavy (non-hydrogen) atoms. The Morgan fingerprint density at radius 3 is 1.04 bits per heavy atom. The van der Waals surface area contributed by atoms with Crippen LogP contribution in [-0.2, 0) is 21.7 Å². The summed E-state index contributed by atoms with van der Waals surface area (Å²) in [6.07, 6.45) is 1.41. The second-order valence-electron chi connectivity index (χ2n) is 25.3. The maximum atomic E-state index is 5.84. The molecule has 12 bridgehead atoms. The maximum Gasteiger partial charge on any atom is 0.169 e. The van der Waals surface area contributed by atoms with E-state index in [-0.39, 0.29) is 57.2 Å². The monoisotopic (exact) mass is 897 g/mol. The number of hydrogen-bond acceptors (Lipinski definition) is 6. The highest BCUT2D eigenvalue weighted by atomic mass is 15.2. The fourth-order valence-corrected chi connectivity index (χ4v) is 13.6. The largest absolute Gasteiger partial charge is 0.325 e. The molecule has 0 saturated carbocycles. The van der Waals surface area contributed by atoms with Gasteiger partial charge in [-0.25, -0.2) is 30.0 Å². The first kappa shape index (κ1) is 42.1. The highest BCUT2D eigenvalue weighted by Gasteiger charge is 2.64. The molecule has 15 rings (SSSR count). The van der Waals surface area contributed by atoms with Crippen LogP contribution >= 0.6 is 0 Å². The van der Waals surface area contributed by atoms with Gasteiger partial charge in [-0.3, -0.25) is 0 Å². The third-order valence-electron chi connectivity index (χ3n) is 17.0. The smallest absolute Gasteiger partial charge is 0.169 e. The van der Waals surface area contributed by atoms with Crippen molar-refractivity contribution in [2.75, 3.05) is 0 Å². The van der Waals surface area contributed by atoms with Crippen molar-refractivity contribution in [3.05, 3.63) is 186 Å². The van der Waals surface area contributed by atoms with Gasteiger partial charge in [-0.1, -0.05) is 156 Å². The SMILES string of the molecule is CC(C)(C)c1ccc2c(c1)[C@@H]1c3ccc(C(C)(C)C)cc3[C@H]2[C@@]23N=C(C[C@@H]12)N=c1ccc([nH]1)=N[C@]12N=C(C[C@H]1[C@@H]1c4cc(C(C)(C)C)ccc4[C@H]2c2cc(C(C)(C)C)ccc21)N=c1ccc([nH]1)=N3. The predicted octanol–water partition coefficient (Wildman–Crippen LogP) is 10.5. The van der Waals surface area contributed by atoms with Crippen molar-refractivity contribution >= 4 is 11.7 Å². The van der Waals surface area contributed by atoms with Crippen molar-refractivity contribution in [1.29, 1.82) is 0 Å². The van der Waals surface area contributed by atoms with Crippen LogP contribution in [0.3, 0.4) is 0 Å². The second kappa shape index (κ2) is 13.4. The highest BCUT2D eigenvalue weighted by Crippen LogP contribution is 2.67. The zero-order valence-corrected chi connectivity index (χ0v) is 41.8. The number of aliphatic imine (C=N–C) groups is 2. The lowest BCUT2D eigenvalue weighted by Crippen LogP contribution is -2.51. The van der Waals surface area contributed by atoms with Gasteiger partial charge in [0, 0.05) is 36.5 Å². The van der Waals surface area contributed by atoms with Crippen molar-refractivity contribution in [2.45, 2.75) is 153 Å². The van der Waals surface area contributed by atoms with E-state index >= 15 is 0 Å². The van der Waals surface area contributed by atoms with Crippen LogP contribution in [0.1, 0.15) is 186 Å². The lowest BCUT2D eigenvalue weighted by molar-refractivity contribution is 0.210. The summed E-state index contributed by atoms with van der Waals surface area (Å²) in [4.78, 5) is 41.5. The highest BCUT2D eigenvalue weighted by molar-refractivity contribution is 5.88. The molecule has 8 nitrogen and oxygen atoms in total. The van der Waals surface area contributed by atoms with E-state index in [0.29, 0.717) is 12.8 Å². The molecule has 344 valence electrons. The molecule has 5 heterocycles. The van der Waals surface area contributed by atoms with Crippen LogP contribution in [0.15, 0.2) is 127 Å². The standard InChI is InChI=1S/C60H64N8/c1-55(2,3)31-15-19-37-39(25-31)51-35-17-13-33(57(7,8)9)27-41(35)53(37)59-43(51)29-49(67-59)63-45-22-24-48(62-45)66-60-44(30-50(68-60)64-46-21-23-47(61-46)65-59)52-36-18-14-34(58(10,11)12)28-42(36)54(60)38-20-16-32(26-40(38)52)56(4,5)6/h13-28,43-44,51-54H,29-30H2,1-12H3,(H,61,64,65,68)(H,62,63,66,67)/t43-,44-,51-,52-,53-,54-,59-,60-/m0/s1. The first-order valence-electron chi connectivity index (χ1n) is 25.1. The van der Waals surface area contributed by atoms with Gasteiger partial charge in [0.2, 0.25) is 0 Å². The summed E-state index contributed by atoms with van der Waals surface area (Å²) in [5, 5.41) is 0. The maximum absolute atomic E-state index is 5.84. The average molecular weight is 897 g/mol. The molecule has 2 spiro atoms. The fourth-order valence-electron chi connectivity index (χ4n) is 13.6. The minimum absolute atomic E-state index is 0.0140. The number of fused-ring (bicyclic) bond motifs is 4. The minimum Gasteiger partial charge on any atom is -0.325 e. The Balaban J connectivity index is 1.03. The topological polar surface area (TPSA) is 106 Å². The van der Waals surface area contributed by atoms with Crippen molar-refractivity contribution < 1.29 is 0 Å². The predicted molar refractivity (Wildman–Crippen MR) is 271 cm³/mol. The van der Waals surface area contributed by atoms with E-state index in [1.807, 2.05) is 0 Å². The fraction of sp³-hybridized carbons (Fsp3) is 0.433. The molecule has 9 aliphatic rings.